The summed E-state index contributed by atoms with van der Waals surface area (Å²) in [6.45, 7) is 0.454. The molecule has 20 heavy (non-hydrogen) atoms. The van der Waals surface area contributed by atoms with Crippen molar-refractivity contribution in [2.24, 2.45) is 11.1 Å². The van der Waals surface area contributed by atoms with E-state index in [1.807, 2.05) is 18.2 Å². The van der Waals surface area contributed by atoms with Crippen LogP contribution in [0.4, 0.5) is 0 Å². The minimum atomic E-state index is -0.607. The molecule has 3 nitrogen and oxygen atoms in total. The second-order valence-electron chi connectivity index (χ2n) is 5.53. The summed E-state index contributed by atoms with van der Waals surface area (Å²) in [4.78, 5) is 4.14. The Hall–Kier alpha value is -1.23. The fourth-order valence-corrected chi connectivity index (χ4v) is 3.49. The van der Waals surface area contributed by atoms with Crippen molar-refractivity contribution >= 4 is 15.9 Å². The first-order valence-corrected chi connectivity index (χ1v) is 7.49. The van der Waals surface area contributed by atoms with Gasteiger partial charge in [-0.3, -0.25) is 4.98 Å². The van der Waals surface area contributed by atoms with Gasteiger partial charge in [0.05, 0.1) is 6.10 Å². The van der Waals surface area contributed by atoms with Crippen molar-refractivity contribution in [1.29, 1.82) is 0 Å². The van der Waals surface area contributed by atoms with E-state index in [0.29, 0.717) is 6.54 Å². The third-order valence-corrected chi connectivity index (χ3v) is 4.67. The first-order chi connectivity index (χ1) is 9.64. The second kappa shape index (κ2) is 5.28. The van der Waals surface area contributed by atoms with E-state index in [1.165, 1.54) is 11.1 Å². The third kappa shape index (κ3) is 2.28. The van der Waals surface area contributed by atoms with Gasteiger partial charge in [-0.15, -0.1) is 0 Å². The highest BCUT2D eigenvalue weighted by atomic mass is 79.9. The topological polar surface area (TPSA) is 59.1 Å². The Labute approximate surface area is 127 Å². The van der Waals surface area contributed by atoms with Gasteiger partial charge >= 0.3 is 0 Å². The van der Waals surface area contributed by atoms with Crippen LogP contribution in [-0.4, -0.2) is 16.6 Å². The first-order valence-electron chi connectivity index (χ1n) is 6.70. The molecular weight excluding hydrogens is 316 g/mol. The Morgan fingerprint density at radius 3 is 2.45 bits per heavy atom. The lowest BCUT2D eigenvalue weighted by Crippen LogP contribution is -2.37. The van der Waals surface area contributed by atoms with Crippen LogP contribution in [-0.2, 0) is 12.8 Å². The standard InChI is InChI=1S/C16H17BrN2O/c17-14-5-13(8-19-9-14)15(20)16(10-18)6-11-3-1-2-4-12(11)7-16/h1-5,8-9,15,20H,6-7,10,18H2. The molecule has 3 rings (SSSR count). The zero-order valence-electron chi connectivity index (χ0n) is 11.1. The van der Waals surface area contributed by atoms with Crippen LogP contribution in [0.1, 0.15) is 22.8 Å². The van der Waals surface area contributed by atoms with E-state index in [0.717, 1.165) is 22.9 Å². The molecule has 0 saturated carbocycles. The van der Waals surface area contributed by atoms with Gasteiger partial charge in [0.1, 0.15) is 0 Å². The van der Waals surface area contributed by atoms with Crippen LogP contribution in [0.15, 0.2) is 47.2 Å². The molecule has 4 heteroatoms. The van der Waals surface area contributed by atoms with Crippen LogP contribution < -0.4 is 5.73 Å². The third-order valence-electron chi connectivity index (χ3n) is 4.23. The number of hydrogen-bond donors (Lipinski definition) is 2. The summed E-state index contributed by atoms with van der Waals surface area (Å²) in [6, 6.07) is 10.2. The van der Waals surface area contributed by atoms with Gasteiger partial charge < -0.3 is 10.8 Å². The SMILES string of the molecule is NCC1(C(O)c2cncc(Br)c2)Cc2ccccc2C1. The van der Waals surface area contributed by atoms with Crippen LogP contribution in [0.2, 0.25) is 0 Å². The molecule has 1 aromatic heterocycles. The first kappa shape index (κ1) is 13.7. The van der Waals surface area contributed by atoms with E-state index in [9.17, 15) is 5.11 Å². The van der Waals surface area contributed by atoms with Gasteiger partial charge in [-0.2, -0.15) is 0 Å². The van der Waals surface area contributed by atoms with Gasteiger partial charge in [0, 0.05) is 34.4 Å². The van der Waals surface area contributed by atoms with E-state index < -0.39 is 6.10 Å². The summed E-state index contributed by atoms with van der Waals surface area (Å²) >= 11 is 3.40. The largest absolute Gasteiger partial charge is 0.388 e. The number of benzene rings is 1. The van der Waals surface area contributed by atoms with Gasteiger partial charge in [-0.05, 0) is 46.0 Å². The molecule has 0 radical (unpaired) electrons. The fourth-order valence-electron chi connectivity index (χ4n) is 3.10. The molecule has 1 unspecified atom stereocenters. The molecule has 0 amide bonds. The molecular formula is C16H17BrN2O. The Balaban J connectivity index is 1.95. The number of pyridine rings is 1. The number of aromatic nitrogens is 1. The van der Waals surface area contributed by atoms with Crippen molar-refractivity contribution in [3.05, 3.63) is 63.9 Å². The van der Waals surface area contributed by atoms with Gasteiger partial charge in [0.2, 0.25) is 0 Å². The van der Waals surface area contributed by atoms with Crippen LogP contribution in [0, 0.1) is 5.41 Å². The number of halogens is 1. The summed E-state index contributed by atoms with van der Waals surface area (Å²) in [5.41, 5.74) is 9.11. The highest BCUT2D eigenvalue weighted by Gasteiger charge is 2.42. The Kier molecular flexibility index (Phi) is 3.63. The minimum absolute atomic E-state index is 0.327. The van der Waals surface area contributed by atoms with Gasteiger partial charge in [0.25, 0.3) is 0 Å². The lowest BCUT2D eigenvalue weighted by Gasteiger charge is -2.33. The van der Waals surface area contributed by atoms with Crippen LogP contribution in [0.25, 0.3) is 0 Å². The Morgan fingerprint density at radius 2 is 1.90 bits per heavy atom. The lowest BCUT2D eigenvalue weighted by atomic mass is 9.76. The molecule has 1 atom stereocenters. The average molecular weight is 333 g/mol. The van der Waals surface area contributed by atoms with Gasteiger partial charge in [-0.25, -0.2) is 0 Å². The molecule has 1 aliphatic carbocycles. The molecule has 1 aliphatic rings. The molecule has 0 saturated heterocycles. The maximum atomic E-state index is 10.8. The van der Waals surface area contributed by atoms with E-state index in [-0.39, 0.29) is 5.41 Å². The predicted octanol–water partition coefficient (Wildman–Crippen LogP) is 2.62. The number of hydrogen-bond acceptors (Lipinski definition) is 3. The number of nitrogens with two attached hydrogens (primary N) is 1. The number of aliphatic hydroxyl groups excluding tert-OH is 1. The minimum Gasteiger partial charge on any atom is -0.388 e. The molecule has 0 aliphatic heterocycles. The number of nitrogens with zero attached hydrogens (tertiary/aromatic N) is 1. The highest BCUT2D eigenvalue weighted by molar-refractivity contribution is 9.10. The molecule has 0 bridgehead atoms. The number of fused-ring (bicyclic) bond motifs is 1. The van der Waals surface area contributed by atoms with Crippen molar-refractivity contribution in [2.75, 3.05) is 6.54 Å². The number of aliphatic hydroxyl groups is 1. The van der Waals surface area contributed by atoms with Crippen LogP contribution in [0.5, 0.6) is 0 Å². The summed E-state index contributed by atoms with van der Waals surface area (Å²) in [5, 5.41) is 10.8. The molecule has 2 aromatic rings. The summed E-state index contributed by atoms with van der Waals surface area (Å²) in [6.07, 6.45) is 4.45. The van der Waals surface area contributed by atoms with Crippen molar-refractivity contribution in [3.63, 3.8) is 0 Å². The Bertz CT molecular complexity index is 604. The smallest absolute Gasteiger partial charge is 0.0879 e. The second-order valence-corrected chi connectivity index (χ2v) is 6.44. The maximum Gasteiger partial charge on any atom is 0.0879 e. The molecule has 1 aromatic carbocycles. The van der Waals surface area contributed by atoms with Crippen LogP contribution in [0.3, 0.4) is 0 Å². The molecule has 104 valence electrons. The van der Waals surface area contributed by atoms with Crippen molar-refractivity contribution in [3.8, 4) is 0 Å². The number of rotatable bonds is 3. The monoisotopic (exact) mass is 332 g/mol. The molecule has 1 heterocycles. The van der Waals surface area contributed by atoms with E-state index >= 15 is 0 Å². The van der Waals surface area contributed by atoms with E-state index in [1.54, 1.807) is 12.4 Å². The van der Waals surface area contributed by atoms with Crippen molar-refractivity contribution in [1.82, 2.24) is 4.98 Å². The zero-order chi connectivity index (χ0) is 14.2. The molecule has 0 spiro atoms. The van der Waals surface area contributed by atoms with Crippen molar-refractivity contribution < 1.29 is 5.11 Å². The van der Waals surface area contributed by atoms with Gasteiger partial charge in [-0.1, -0.05) is 24.3 Å². The quantitative estimate of drug-likeness (QED) is 0.908. The van der Waals surface area contributed by atoms with E-state index in [2.05, 4.69) is 33.0 Å². The molecule has 3 N–H and O–H groups in total. The predicted molar refractivity (Wildman–Crippen MR) is 82.2 cm³/mol. The normalized spacial score (nSPS) is 17.8. The summed E-state index contributed by atoms with van der Waals surface area (Å²) < 4.78 is 0.872. The highest BCUT2D eigenvalue weighted by Crippen LogP contribution is 2.45. The molecule has 0 fully saturated rings. The summed E-state index contributed by atoms with van der Waals surface area (Å²) in [7, 11) is 0. The van der Waals surface area contributed by atoms with E-state index in [4.69, 9.17) is 5.73 Å². The van der Waals surface area contributed by atoms with Gasteiger partial charge in [0.15, 0.2) is 0 Å². The van der Waals surface area contributed by atoms with Crippen LogP contribution >= 0.6 is 15.9 Å². The lowest BCUT2D eigenvalue weighted by molar-refractivity contribution is 0.0355. The average Bonchev–Trinajstić information content (AvgIpc) is 2.86. The maximum absolute atomic E-state index is 10.8. The zero-order valence-corrected chi connectivity index (χ0v) is 12.7. The van der Waals surface area contributed by atoms with Crippen molar-refractivity contribution in [2.45, 2.75) is 18.9 Å². The summed E-state index contributed by atoms with van der Waals surface area (Å²) in [5.74, 6) is 0. The fraction of sp³-hybridized carbons (Fsp3) is 0.312. The Morgan fingerprint density at radius 1 is 1.25 bits per heavy atom.